The van der Waals surface area contributed by atoms with Crippen LogP contribution in [0.1, 0.15) is 17.5 Å². The summed E-state index contributed by atoms with van der Waals surface area (Å²) in [6.07, 6.45) is 0.785. The van der Waals surface area contributed by atoms with Gasteiger partial charge in [-0.25, -0.2) is 22.4 Å². The van der Waals surface area contributed by atoms with Crippen LogP contribution < -0.4 is 10.6 Å². The summed E-state index contributed by atoms with van der Waals surface area (Å²) in [7, 11) is 0. The normalized spacial score (nSPS) is 17.7. The van der Waals surface area contributed by atoms with E-state index in [1.807, 2.05) is 0 Å². The Kier molecular flexibility index (Phi) is 9.30. The molecule has 3 rings (SSSR count). The van der Waals surface area contributed by atoms with Gasteiger partial charge in [0.1, 0.15) is 17.7 Å². The van der Waals surface area contributed by atoms with E-state index in [2.05, 4.69) is 16.6 Å². The fraction of sp³-hybridized carbons (Fsp3) is 0.346. The number of amides is 3. The van der Waals surface area contributed by atoms with E-state index in [0.717, 1.165) is 18.2 Å². The van der Waals surface area contributed by atoms with E-state index in [1.54, 1.807) is 30.3 Å². The van der Waals surface area contributed by atoms with Gasteiger partial charge in [-0.2, -0.15) is 0 Å². The molecule has 1 aliphatic heterocycles. The van der Waals surface area contributed by atoms with Crippen molar-refractivity contribution in [3.8, 4) is 12.3 Å². The molecule has 2 aromatic rings. The highest BCUT2D eigenvalue weighted by atomic mass is 19.3. The fourth-order valence-corrected chi connectivity index (χ4v) is 4.03. The van der Waals surface area contributed by atoms with Gasteiger partial charge in [-0.15, -0.1) is 6.42 Å². The molecular weight excluding hydrogens is 510 g/mol. The number of carbonyl (C=O) groups excluding carboxylic acids is 3. The smallest absolute Gasteiger partial charge is 0.408 e. The van der Waals surface area contributed by atoms with Gasteiger partial charge < -0.3 is 25.4 Å². The van der Waals surface area contributed by atoms with E-state index in [1.165, 1.54) is 0 Å². The first kappa shape index (κ1) is 28.5. The molecule has 0 aromatic heterocycles. The molecule has 0 unspecified atom stereocenters. The Morgan fingerprint density at radius 1 is 1.13 bits per heavy atom. The molecule has 0 saturated carbocycles. The van der Waals surface area contributed by atoms with Crippen molar-refractivity contribution in [2.75, 3.05) is 13.2 Å². The molecular formula is C26H25F4N3O5. The molecule has 12 heteroatoms. The van der Waals surface area contributed by atoms with E-state index in [0.29, 0.717) is 10.5 Å². The van der Waals surface area contributed by atoms with Crippen molar-refractivity contribution in [3.63, 3.8) is 0 Å². The molecule has 1 aliphatic rings. The molecule has 202 valence electrons. The first-order valence-electron chi connectivity index (χ1n) is 11.5. The maximum Gasteiger partial charge on any atom is 0.408 e. The lowest BCUT2D eigenvalue weighted by Crippen LogP contribution is -2.56. The van der Waals surface area contributed by atoms with E-state index in [4.69, 9.17) is 11.2 Å². The molecule has 3 N–H and O–H groups in total. The molecule has 8 nitrogen and oxygen atoms in total. The van der Waals surface area contributed by atoms with Crippen molar-refractivity contribution in [3.05, 3.63) is 71.3 Å². The maximum absolute atomic E-state index is 14.3. The Hall–Kier alpha value is -4.11. The number of hydrogen-bond acceptors (Lipinski definition) is 5. The SMILES string of the molecule is C#CCOC(=O)N[C@@H](Cc1ccccc1)[C@H](O)C(=O)N1CC(F)(F)C[C@H]1C(=O)NCc1c(F)cccc1F. The summed E-state index contributed by atoms with van der Waals surface area (Å²) in [5, 5.41) is 15.3. The molecule has 3 amide bonds. The van der Waals surface area contributed by atoms with Crippen LogP contribution in [0.15, 0.2) is 48.5 Å². The second kappa shape index (κ2) is 12.4. The van der Waals surface area contributed by atoms with Crippen LogP contribution in [0.5, 0.6) is 0 Å². The van der Waals surface area contributed by atoms with Gasteiger partial charge in [0, 0.05) is 18.5 Å². The average Bonchev–Trinajstić information content (AvgIpc) is 3.21. The molecule has 38 heavy (non-hydrogen) atoms. The van der Waals surface area contributed by atoms with Gasteiger partial charge in [0.15, 0.2) is 12.7 Å². The average molecular weight is 535 g/mol. The van der Waals surface area contributed by atoms with Crippen molar-refractivity contribution in [1.82, 2.24) is 15.5 Å². The van der Waals surface area contributed by atoms with Crippen LogP contribution in [0, 0.1) is 24.0 Å². The Balaban J connectivity index is 1.78. The van der Waals surface area contributed by atoms with Crippen LogP contribution in [0.3, 0.4) is 0 Å². The number of aliphatic hydroxyl groups is 1. The monoisotopic (exact) mass is 535 g/mol. The predicted octanol–water partition coefficient (Wildman–Crippen LogP) is 2.15. The van der Waals surface area contributed by atoms with Gasteiger partial charge >= 0.3 is 6.09 Å². The van der Waals surface area contributed by atoms with Crippen molar-refractivity contribution in [2.24, 2.45) is 0 Å². The fourth-order valence-electron chi connectivity index (χ4n) is 4.03. The Morgan fingerprint density at radius 3 is 2.42 bits per heavy atom. The van der Waals surface area contributed by atoms with Crippen molar-refractivity contribution < 1.29 is 41.8 Å². The molecule has 1 heterocycles. The third-order valence-electron chi connectivity index (χ3n) is 5.88. The molecule has 3 atom stereocenters. The number of halogens is 4. The zero-order chi connectivity index (χ0) is 27.9. The lowest BCUT2D eigenvalue weighted by Gasteiger charge is -2.29. The maximum atomic E-state index is 14.3. The molecule has 0 radical (unpaired) electrons. The first-order chi connectivity index (χ1) is 18.0. The minimum atomic E-state index is -3.48. The number of ether oxygens (including phenoxy) is 1. The second-order valence-electron chi connectivity index (χ2n) is 8.63. The third-order valence-corrected chi connectivity index (χ3v) is 5.88. The zero-order valence-electron chi connectivity index (χ0n) is 20.0. The second-order valence-corrected chi connectivity index (χ2v) is 8.63. The highest BCUT2D eigenvalue weighted by Crippen LogP contribution is 2.33. The number of aliphatic hydroxyl groups excluding tert-OH is 1. The van der Waals surface area contributed by atoms with Gasteiger partial charge in [-0.05, 0) is 24.1 Å². The first-order valence-corrected chi connectivity index (χ1v) is 11.5. The number of alkyl carbamates (subject to hydrolysis) is 1. The highest BCUT2D eigenvalue weighted by molar-refractivity contribution is 5.90. The minimum absolute atomic E-state index is 0.0907. The summed E-state index contributed by atoms with van der Waals surface area (Å²) < 4.78 is 61.2. The summed E-state index contributed by atoms with van der Waals surface area (Å²) in [4.78, 5) is 38.5. The molecule has 1 fully saturated rings. The largest absolute Gasteiger partial charge is 0.436 e. The predicted molar refractivity (Wildman–Crippen MR) is 127 cm³/mol. The van der Waals surface area contributed by atoms with E-state index >= 15 is 0 Å². The lowest BCUT2D eigenvalue weighted by atomic mass is 10.00. The summed E-state index contributed by atoms with van der Waals surface area (Å²) in [5.41, 5.74) is 0.107. The molecule has 0 spiro atoms. The van der Waals surface area contributed by atoms with Gasteiger partial charge in [0.2, 0.25) is 5.91 Å². The van der Waals surface area contributed by atoms with Gasteiger partial charge in [0.25, 0.3) is 11.8 Å². The quantitative estimate of drug-likeness (QED) is 0.337. The number of likely N-dealkylation sites (tertiary alicyclic amines) is 1. The Labute approximate surface area is 216 Å². The number of terminal acetylenes is 1. The lowest BCUT2D eigenvalue weighted by molar-refractivity contribution is -0.147. The van der Waals surface area contributed by atoms with Crippen LogP contribution in [0.25, 0.3) is 0 Å². The van der Waals surface area contributed by atoms with Crippen molar-refractivity contribution >= 4 is 17.9 Å². The molecule has 1 saturated heterocycles. The van der Waals surface area contributed by atoms with Crippen LogP contribution in [0.4, 0.5) is 22.4 Å². The Morgan fingerprint density at radius 2 is 1.79 bits per heavy atom. The number of nitrogens with one attached hydrogen (secondary N) is 2. The zero-order valence-corrected chi connectivity index (χ0v) is 20.0. The van der Waals surface area contributed by atoms with Crippen LogP contribution in [-0.4, -0.2) is 65.2 Å². The number of alkyl halides is 2. The highest BCUT2D eigenvalue weighted by Gasteiger charge is 2.51. The van der Waals surface area contributed by atoms with Crippen LogP contribution >= 0.6 is 0 Å². The minimum Gasteiger partial charge on any atom is -0.436 e. The number of benzene rings is 2. The van der Waals surface area contributed by atoms with E-state index in [9.17, 15) is 37.1 Å². The summed E-state index contributed by atoms with van der Waals surface area (Å²) in [6, 6.07) is 8.36. The third kappa shape index (κ3) is 7.23. The van der Waals surface area contributed by atoms with Crippen LogP contribution in [0.2, 0.25) is 0 Å². The van der Waals surface area contributed by atoms with Gasteiger partial charge in [-0.3, -0.25) is 9.59 Å². The van der Waals surface area contributed by atoms with Gasteiger partial charge in [-0.1, -0.05) is 42.3 Å². The van der Waals surface area contributed by atoms with Gasteiger partial charge in [0.05, 0.1) is 12.6 Å². The summed E-state index contributed by atoms with van der Waals surface area (Å²) in [5.74, 6) is -5.63. The van der Waals surface area contributed by atoms with Crippen molar-refractivity contribution in [1.29, 1.82) is 0 Å². The molecule has 0 bridgehead atoms. The number of hydrogen-bond donors (Lipinski definition) is 3. The van der Waals surface area contributed by atoms with Crippen LogP contribution in [-0.2, 0) is 27.3 Å². The van der Waals surface area contributed by atoms with Crippen molar-refractivity contribution in [2.45, 2.75) is 43.5 Å². The number of nitrogens with zero attached hydrogens (tertiary/aromatic N) is 1. The Bertz CT molecular complexity index is 1180. The molecule has 0 aliphatic carbocycles. The number of carbonyl (C=O) groups is 3. The summed E-state index contributed by atoms with van der Waals surface area (Å²) >= 11 is 0. The van der Waals surface area contributed by atoms with E-state index < -0.39 is 85.3 Å². The number of rotatable bonds is 9. The topological polar surface area (TPSA) is 108 Å². The van der Waals surface area contributed by atoms with E-state index in [-0.39, 0.29) is 6.42 Å². The standard InChI is InChI=1S/C26H25F4N3O5/c1-2-11-38-25(37)32-20(12-16-7-4-3-5-8-16)22(34)24(36)33-15-26(29,30)13-21(33)23(35)31-14-17-18(27)9-6-10-19(17)28/h1,3-10,20-22,34H,11-15H2,(H,31,35)(H,32,37)/t20-,21-,22-/m0/s1. The molecule has 2 aromatic carbocycles. The summed E-state index contributed by atoms with van der Waals surface area (Å²) in [6.45, 7) is -2.23.